The van der Waals surface area contributed by atoms with E-state index in [4.69, 9.17) is 0 Å². The van der Waals surface area contributed by atoms with E-state index in [0.717, 1.165) is 19.1 Å². The Morgan fingerprint density at radius 1 is 1.28 bits per heavy atom. The molecule has 1 aromatic carbocycles. The number of hydrogen-bond donors (Lipinski definition) is 0. The molecule has 0 unspecified atom stereocenters. The maximum Gasteiger partial charge on any atom is 0.387 e. The number of hydrogen-bond acceptors (Lipinski definition) is 2. The zero-order valence-corrected chi connectivity index (χ0v) is 9.84. The van der Waals surface area contributed by atoms with E-state index in [9.17, 15) is 22.4 Å². The van der Waals surface area contributed by atoms with Crippen LogP contribution in [0.3, 0.4) is 0 Å². The molecule has 0 aliphatic rings. The number of aryl methyl sites for hydroxylation is 1. The molecular formula is C12H12F4O2. The summed E-state index contributed by atoms with van der Waals surface area (Å²) in [6, 6.07) is 2.04. The van der Waals surface area contributed by atoms with Gasteiger partial charge in [-0.2, -0.15) is 8.78 Å². The molecule has 0 aromatic heterocycles. The van der Waals surface area contributed by atoms with Gasteiger partial charge in [0.2, 0.25) is 0 Å². The van der Waals surface area contributed by atoms with Gasteiger partial charge in [-0.25, -0.2) is 8.78 Å². The van der Waals surface area contributed by atoms with Crippen molar-refractivity contribution in [3.05, 3.63) is 28.8 Å². The Morgan fingerprint density at radius 2 is 1.89 bits per heavy atom. The molecule has 1 rings (SSSR count). The van der Waals surface area contributed by atoms with Gasteiger partial charge in [-0.3, -0.25) is 4.79 Å². The number of ketones is 1. The van der Waals surface area contributed by atoms with E-state index in [0.29, 0.717) is 0 Å². The van der Waals surface area contributed by atoms with Gasteiger partial charge in [-0.05, 0) is 31.0 Å². The highest BCUT2D eigenvalue weighted by Crippen LogP contribution is 2.32. The zero-order chi connectivity index (χ0) is 13.9. The molecule has 18 heavy (non-hydrogen) atoms. The topological polar surface area (TPSA) is 26.3 Å². The van der Waals surface area contributed by atoms with Crippen LogP contribution in [0.5, 0.6) is 5.75 Å². The Kier molecular flexibility index (Phi) is 4.69. The van der Waals surface area contributed by atoms with Crippen molar-refractivity contribution in [1.29, 1.82) is 0 Å². The van der Waals surface area contributed by atoms with Crippen molar-refractivity contribution in [2.45, 2.75) is 33.3 Å². The number of alkyl halides is 4. The molecule has 0 bridgehead atoms. The minimum atomic E-state index is -3.06. The van der Waals surface area contributed by atoms with Crippen LogP contribution >= 0.6 is 0 Å². The Hall–Kier alpha value is -1.59. The number of rotatable bonds is 5. The Bertz CT molecular complexity index is 444. The number of halogens is 4. The van der Waals surface area contributed by atoms with E-state index in [-0.39, 0.29) is 23.3 Å². The van der Waals surface area contributed by atoms with Crippen LogP contribution in [0.25, 0.3) is 0 Å². The molecule has 0 heterocycles. The van der Waals surface area contributed by atoms with Gasteiger partial charge in [0.15, 0.2) is 5.78 Å². The van der Waals surface area contributed by atoms with Gasteiger partial charge in [-0.15, -0.1) is 0 Å². The molecule has 0 aliphatic heterocycles. The summed E-state index contributed by atoms with van der Waals surface area (Å²) in [6.07, 6.45) is -2.64. The Balaban J connectivity index is 3.38. The highest BCUT2D eigenvalue weighted by molar-refractivity contribution is 5.96. The predicted molar refractivity (Wildman–Crippen MR) is 57.4 cm³/mol. The first-order chi connectivity index (χ1) is 8.36. The molecule has 0 spiro atoms. The van der Waals surface area contributed by atoms with Crippen molar-refractivity contribution in [2.24, 2.45) is 0 Å². The van der Waals surface area contributed by atoms with E-state index in [2.05, 4.69) is 4.74 Å². The van der Waals surface area contributed by atoms with Crippen LogP contribution in [-0.4, -0.2) is 12.4 Å². The molecule has 100 valence electrons. The monoisotopic (exact) mass is 264 g/mol. The normalized spacial score (nSPS) is 11.1. The summed E-state index contributed by atoms with van der Waals surface area (Å²) in [6.45, 7) is -0.365. The third-order valence-corrected chi connectivity index (χ3v) is 2.44. The lowest BCUT2D eigenvalue weighted by atomic mass is 9.96. The quantitative estimate of drug-likeness (QED) is 0.593. The van der Waals surface area contributed by atoms with Crippen molar-refractivity contribution in [3.63, 3.8) is 0 Å². The summed E-state index contributed by atoms with van der Waals surface area (Å²) in [7, 11) is 0. The molecule has 0 fully saturated rings. The van der Waals surface area contributed by atoms with E-state index in [1.165, 1.54) is 0 Å². The van der Waals surface area contributed by atoms with Crippen molar-refractivity contribution >= 4 is 5.78 Å². The molecule has 2 nitrogen and oxygen atoms in total. The maximum absolute atomic E-state index is 12.9. The minimum Gasteiger partial charge on any atom is -0.435 e. The molecule has 0 saturated carbocycles. The largest absolute Gasteiger partial charge is 0.435 e. The fourth-order valence-corrected chi connectivity index (χ4v) is 1.70. The summed E-state index contributed by atoms with van der Waals surface area (Å²) in [5.74, 6) is -0.892. The summed E-state index contributed by atoms with van der Waals surface area (Å²) in [4.78, 5) is 11.3. The van der Waals surface area contributed by atoms with E-state index >= 15 is 0 Å². The Morgan fingerprint density at radius 3 is 2.28 bits per heavy atom. The first-order valence-corrected chi connectivity index (χ1v) is 5.27. The standard InChI is InChI=1S/C12H12F4O2/c1-3-7-4-8(18-12(15)16)5-9(6(2)17)10(7)11(13)14/h4-5,11-12H,3H2,1-2H3. The van der Waals surface area contributed by atoms with Crippen LogP contribution in [0.15, 0.2) is 12.1 Å². The van der Waals surface area contributed by atoms with Crippen molar-refractivity contribution in [2.75, 3.05) is 0 Å². The van der Waals surface area contributed by atoms with E-state index in [1.807, 2.05) is 0 Å². The number of benzene rings is 1. The molecule has 0 N–H and O–H groups in total. The van der Waals surface area contributed by atoms with Gasteiger partial charge in [0.1, 0.15) is 5.75 Å². The predicted octanol–water partition coefficient (Wildman–Crippen LogP) is 3.99. The third-order valence-electron chi connectivity index (χ3n) is 2.44. The summed E-state index contributed by atoms with van der Waals surface area (Å²) >= 11 is 0. The average molecular weight is 264 g/mol. The molecule has 6 heteroatoms. The molecule has 0 amide bonds. The highest BCUT2D eigenvalue weighted by atomic mass is 19.3. The highest BCUT2D eigenvalue weighted by Gasteiger charge is 2.22. The first kappa shape index (κ1) is 14.5. The second kappa shape index (κ2) is 5.84. The zero-order valence-electron chi connectivity index (χ0n) is 9.84. The summed E-state index contributed by atoms with van der Waals surface area (Å²) in [5, 5.41) is 0. The third kappa shape index (κ3) is 3.21. The second-order valence-corrected chi connectivity index (χ2v) is 3.63. The smallest absolute Gasteiger partial charge is 0.387 e. The number of ether oxygens (including phenoxy) is 1. The van der Waals surface area contributed by atoms with Gasteiger partial charge in [0, 0.05) is 11.1 Å². The first-order valence-electron chi connectivity index (χ1n) is 5.27. The average Bonchev–Trinajstić information content (AvgIpc) is 2.26. The number of carbonyl (C=O) groups is 1. The van der Waals surface area contributed by atoms with Crippen LogP contribution in [-0.2, 0) is 6.42 Å². The number of carbonyl (C=O) groups excluding carboxylic acids is 1. The molecule has 0 saturated heterocycles. The van der Waals surface area contributed by atoms with E-state index < -0.39 is 24.4 Å². The molecule has 1 aromatic rings. The van der Waals surface area contributed by atoms with E-state index in [1.54, 1.807) is 6.92 Å². The van der Waals surface area contributed by atoms with Crippen LogP contribution in [0.4, 0.5) is 17.6 Å². The molecule has 0 aliphatic carbocycles. The van der Waals surface area contributed by atoms with Crippen LogP contribution < -0.4 is 4.74 Å². The van der Waals surface area contributed by atoms with Crippen molar-refractivity contribution in [3.8, 4) is 5.75 Å². The minimum absolute atomic E-state index is 0.133. The van der Waals surface area contributed by atoms with Crippen molar-refractivity contribution in [1.82, 2.24) is 0 Å². The summed E-state index contributed by atoms with van der Waals surface area (Å²) < 4.78 is 54.1. The lowest BCUT2D eigenvalue weighted by Gasteiger charge is -2.14. The van der Waals surface area contributed by atoms with Crippen LogP contribution in [0.2, 0.25) is 0 Å². The van der Waals surface area contributed by atoms with Gasteiger partial charge < -0.3 is 4.74 Å². The number of Topliss-reactive ketones (excluding diaryl/α,β-unsaturated/α-hetero) is 1. The SMILES string of the molecule is CCc1cc(OC(F)F)cc(C(C)=O)c1C(F)F. The fourth-order valence-electron chi connectivity index (χ4n) is 1.70. The van der Waals surface area contributed by atoms with Crippen LogP contribution in [0.1, 0.15) is 41.8 Å². The molecular weight excluding hydrogens is 252 g/mol. The van der Waals surface area contributed by atoms with Gasteiger partial charge in [0.25, 0.3) is 6.43 Å². The lowest BCUT2D eigenvalue weighted by molar-refractivity contribution is -0.0499. The maximum atomic E-state index is 12.9. The molecule has 0 atom stereocenters. The van der Waals surface area contributed by atoms with Gasteiger partial charge in [0.05, 0.1) is 0 Å². The van der Waals surface area contributed by atoms with Crippen molar-refractivity contribution < 1.29 is 27.1 Å². The second-order valence-electron chi connectivity index (χ2n) is 3.63. The van der Waals surface area contributed by atoms with Gasteiger partial charge >= 0.3 is 6.61 Å². The lowest BCUT2D eigenvalue weighted by Crippen LogP contribution is -2.08. The Labute approximate surface area is 102 Å². The molecule has 0 radical (unpaired) electrons. The van der Waals surface area contributed by atoms with Gasteiger partial charge in [-0.1, -0.05) is 6.92 Å². The fraction of sp³-hybridized carbons (Fsp3) is 0.417. The summed E-state index contributed by atoms with van der Waals surface area (Å²) in [5.41, 5.74) is -0.556. The van der Waals surface area contributed by atoms with Crippen LogP contribution in [0, 0.1) is 0 Å².